The second kappa shape index (κ2) is 6.19. The minimum atomic E-state index is -0.181. The first-order valence-corrected chi connectivity index (χ1v) is 5.23. The molecule has 1 unspecified atom stereocenters. The summed E-state index contributed by atoms with van der Waals surface area (Å²) in [4.78, 5) is 11.5. The highest BCUT2D eigenvalue weighted by Gasteiger charge is 2.10. The molecule has 1 aromatic rings. The Labute approximate surface area is 89.6 Å². The zero-order valence-corrected chi connectivity index (χ0v) is 9.21. The maximum absolute atomic E-state index is 11.5. The quantitative estimate of drug-likeness (QED) is 0.637. The van der Waals surface area contributed by atoms with Crippen LogP contribution < -0.4 is 10.6 Å². The Kier molecular flexibility index (Phi) is 4.83. The predicted octanol–water partition coefficient (Wildman–Crippen LogP) is 0.414. The van der Waals surface area contributed by atoms with Crippen LogP contribution in [0, 0.1) is 0 Å². The summed E-state index contributed by atoms with van der Waals surface area (Å²) in [6.45, 7) is 5.24. The van der Waals surface area contributed by atoms with Crippen LogP contribution in [0.15, 0.2) is 12.3 Å². The highest BCUT2D eigenvalue weighted by Crippen LogP contribution is 1.92. The number of aromatic amines is 1. The van der Waals surface area contributed by atoms with Gasteiger partial charge in [-0.05, 0) is 19.4 Å². The van der Waals surface area contributed by atoms with Gasteiger partial charge in [-0.2, -0.15) is 5.10 Å². The number of carbonyl (C=O) groups excluding carboxylic acids is 1. The van der Waals surface area contributed by atoms with Crippen molar-refractivity contribution in [2.24, 2.45) is 0 Å². The third kappa shape index (κ3) is 4.12. The lowest BCUT2D eigenvalue weighted by atomic mass is 10.3. The summed E-state index contributed by atoms with van der Waals surface area (Å²) >= 11 is 0. The topological polar surface area (TPSA) is 69.8 Å². The van der Waals surface area contributed by atoms with Crippen LogP contribution in [0.3, 0.4) is 0 Å². The van der Waals surface area contributed by atoms with Crippen LogP contribution in [0.25, 0.3) is 0 Å². The standard InChI is InChI=1S/C10H18N4O/c1-3-5-11-10(15)8(2)12-7-9-4-6-13-14-9/h4,6,8,12H,3,5,7H2,1-2H3,(H,11,15)(H,13,14). The molecule has 1 atom stereocenters. The SMILES string of the molecule is CCCNC(=O)C(C)NCc1ccn[nH]1. The average molecular weight is 210 g/mol. The third-order valence-electron chi connectivity index (χ3n) is 2.10. The lowest BCUT2D eigenvalue weighted by Crippen LogP contribution is -2.42. The van der Waals surface area contributed by atoms with E-state index in [0.717, 1.165) is 18.7 Å². The monoisotopic (exact) mass is 210 g/mol. The van der Waals surface area contributed by atoms with E-state index in [-0.39, 0.29) is 11.9 Å². The lowest BCUT2D eigenvalue weighted by molar-refractivity contribution is -0.122. The molecule has 0 fully saturated rings. The average Bonchev–Trinajstić information content (AvgIpc) is 2.75. The number of hydrogen-bond donors (Lipinski definition) is 3. The van der Waals surface area contributed by atoms with E-state index < -0.39 is 0 Å². The Bertz CT molecular complexity index is 284. The van der Waals surface area contributed by atoms with Crippen LogP contribution in [0.4, 0.5) is 0 Å². The molecule has 0 aliphatic heterocycles. The molecule has 1 rings (SSSR count). The van der Waals surface area contributed by atoms with Gasteiger partial charge in [-0.3, -0.25) is 9.89 Å². The van der Waals surface area contributed by atoms with Crippen molar-refractivity contribution < 1.29 is 4.79 Å². The van der Waals surface area contributed by atoms with Gasteiger partial charge in [0.15, 0.2) is 0 Å². The van der Waals surface area contributed by atoms with Gasteiger partial charge in [-0.15, -0.1) is 0 Å². The maximum Gasteiger partial charge on any atom is 0.236 e. The highest BCUT2D eigenvalue weighted by atomic mass is 16.2. The molecule has 1 aromatic heterocycles. The van der Waals surface area contributed by atoms with Crippen LogP contribution >= 0.6 is 0 Å². The van der Waals surface area contributed by atoms with E-state index >= 15 is 0 Å². The molecule has 0 aromatic carbocycles. The molecule has 0 bridgehead atoms. The van der Waals surface area contributed by atoms with Crippen molar-refractivity contribution in [1.29, 1.82) is 0 Å². The molecule has 0 radical (unpaired) electrons. The number of H-pyrrole nitrogens is 1. The fourth-order valence-electron chi connectivity index (χ4n) is 1.14. The van der Waals surface area contributed by atoms with Crippen LogP contribution in [0.5, 0.6) is 0 Å². The second-order valence-corrected chi connectivity index (χ2v) is 3.48. The summed E-state index contributed by atoms with van der Waals surface area (Å²) in [7, 11) is 0. The largest absolute Gasteiger partial charge is 0.355 e. The van der Waals surface area contributed by atoms with Gasteiger partial charge in [0.25, 0.3) is 0 Å². The highest BCUT2D eigenvalue weighted by molar-refractivity contribution is 5.81. The first-order valence-electron chi connectivity index (χ1n) is 5.23. The summed E-state index contributed by atoms with van der Waals surface area (Å²) < 4.78 is 0. The molecule has 0 aliphatic carbocycles. The van der Waals surface area contributed by atoms with Crippen molar-refractivity contribution in [2.45, 2.75) is 32.9 Å². The number of amides is 1. The molecule has 0 spiro atoms. The molecule has 84 valence electrons. The van der Waals surface area contributed by atoms with E-state index in [4.69, 9.17) is 0 Å². The van der Waals surface area contributed by atoms with Crippen molar-refractivity contribution in [2.75, 3.05) is 6.54 Å². The number of carbonyl (C=O) groups is 1. The summed E-state index contributed by atoms with van der Waals surface area (Å²) in [6, 6.07) is 1.70. The van der Waals surface area contributed by atoms with Crippen molar-refractivity contribution in [3.8, 4) is 0 Å². The molecular formula is C10H18N4O. The number of rotatable bonds is 6. The Morgan fingerprint density at radius 1 is 1.67 bits per heavy atom. The Morgan fingerprint density at radius 2 is 2.47 bits per heavy atom. The van der Waals surface area contributed by atoms with Crippen molar-refractivity contribution in [3.05, 3.63) is 18.0 Å². The van der Waals surface area contributed by atoms with Crippen molar-refractivity contribution >= 4 is 5.91 Å². The van der Waals surface area contributed by atoms with Gasteiger partial charge < -0.3 is 10.6 Å². The molecular weight excluding hydrogens is 192 g/mol. The summed E-state index contributed by atoms with van der Waals surface area (Å²) in [6.07, 6.45) is 2.65. The van der Waals surface area contributed by atoms with E-state index in [2.05, 4.69) is 20.8 Å². The minimum Gasteiger partial charge on any atom is -0.355 e. The first-order chi connectivity index (χ1) is 7.24. The molecule has 5 heteroatoms. The van der Waals surface area contributed by atoms with Gasteiger partial charge in [0.2, 0.25) is 5.91 Å². The molecule has 0 saturated heterocycles. The zero-order chi connectivity index (χ0) is 11.1. The maximum atomic E-state index is 11.5. The van der Waals surface area contributed by atoms with Crippen LogP contribution in [0.1, 0.15) is 26.0 Å². The third-order valence-corrected chi connectivity index (χ3v) is 2.10. The first kappa shape index (κ1) is 11.7. The van der Waals surface area contributed by atoms with Crippen LogP contribution in [-0.2, 0) is 11.3 Å². The Balaban J connectivity index is 2.23. The zero-order valence-electron chi connectivity index (χ0n) is 9.21. The van der Waals surface area contributed by atoms with E-state index in [1.54, 1.807) is 6.20 Å². The molecule has 1 heterocycles. The van der Waals surface area contributed by atoms with Gasteiger partial charge in [-0.25, -0.2) is 0 Å². The van der Waals surface area contributed by atoms with E-state index in [0.29, 0.717) is 6.54 Å². The number of nitrogens with one attached hydrogen (secondary N) is 3. The van der Waals surface area contributed by atoms with E-state index in [9.17, 15) is 4.79 Å². The molecule has 3 N–H and O–H groups in total. The van der Waals surface area contributed by atoms with Gasteiger partial charge in [0.05, 0.1) is 6.04 Å². The second-order valence-electron chi connectivity index (χ2n) is 3.48. The van der Waals surface area contributed by atoms with Gasteiger partial charge in [0, 0.05) is 25.0 Å². The van der Waals surface area contributed by atoms with E-state index in [1.807, 2.05) is 19.9 Å². The van der Waals surface area contributed by atoms with Crippen LogP contribution in [0.2, 0.25) is 0 Å². The lowest BCUT2D eigenvalue weighted by Gasteiger charge is -2.12. The molecule has 1 amide bonds. The van der Waals surface area contributed by atoms with Gasteiger partial charge in [0.1, 0.15) is 0 Å². The van der Waals surface area contributed by atoms with Gasteiger partial charge >= 0.3 is 0 Å². The summed E-state index contributed by atoms with van der Waals surface area (Å²) in [5, 5.41) is 12.6. The molecule has 5 nitrogen and oxygen atoms in total. The predicted molar refractivity (Wildman–Crippen MR) is 58.2 cm³/mol. The summed E-state index contributed by atoms with van der Waals surface area (Å²) in [5.74, 6) is 0.0383. The fourth-order valence-corrected chi connectivity index (χ4v) is 1.14. The van der Waals surface area contributed by atoms with Crippen molar-refractivity contribution in [3.63, 3.8) is 0 Å². The fraction of sp³-hybridized carbons (Fsp3) is 0.600. The Hall–Kier alpha value is -1.36. The van der Waals surface area contributed by atoms with Crippen LogP contribution in [-0.4, -0.2) is 28.7 Å². The number of hydrogen-bond acceptors (Lipinski definition) is 3. The molecule has 15 heavy (non-hydrogen) atoms. The number of aromatic nitrogens is 2. The summed E-state index contributed by atoms with van der Waals surface area (Å²) in [5.41, 5.74) is 0.977. The smallest absolute Gasteiger partial charge is 0.236 e. The van der Waals surface area contributed by atoms with E-state index in [1.165, 1.54) is 0 Å². The molecule has 0 saturated carbocycles. The van der Waals surface area contributed by atoms with Gasteiger partial charge in [-0.1, -0.05) is 6.92 Å². The normalized spacial score (nSPS) is 12.4. The molecule has 0 aliphatic rings. The minimum absolute atomic E-state index is 0.0383. The number of nitrogens with zero attached hydrogens (tertiary/aromatic N) is 1. The van der Waals surface area contributed by atoms with Crippen molar-refractivity contribution in [1.82, 2.24) is 20.8 Å². The Morgan fingerprint density at radius 3 is 3.07 bits per heavy atom.